The highest BCUT2D eigenvalue weighted by Gasteiger charge is 2.31. The smallest absolute Gasteiger partial charge is 0.245 e. The van der Waals surface area contributed by atoms with Crippen molar-refractivity contribution in [2.75, 3.05) is 51.8 Å². The molecular formula is C26H32N4O3S. The summed E-state index contributed by atoms with van der Waals surface area (Å²) in [4.78, 5) is 24.9. The van der Waals surface area contributed by atoms with Crippen LogP contribution in [0.2, 0.25) is 0 Å². The summed E-state index contributed by atoms with van der Waals surface area (Å²) in [6.45, 7) is 8.47. The molecule has 0 spiro atoms. The third-order valence-corrected chi connectivity index (χ3v) is 7.15. The first-order valence-electron chi connectivity index (χ1n) is 11.6. The van der Waals surface area contributed by atoms with E-state index >= 15 is 0 Å². The largest absolute Gasteiger partial charge is 0.497 e. The summed E-state index contributed by atoms with van der Waals surface area (Å²) in [7, 11) is 3.31. The van der Waals surface area contributed by atoms with Gasteiger partial charge in [0, 0.05) is 42.8 Å². The minimum absolute atomic E-state index is 0.118. The third-order valence-electron chi connectivity index (χ3n) is 6.31. The molecule has 0 saturated carbocycles. The number of ether oxygens (including phenoxy) is 2. The molecule has 1 aliphatic heterocycles. The van der Waals surface area contributed by atoms with Gasteiger partial charge in [-0.05, 0) is 62.0 Å². The number of thiazole rings is 1. The Morgan fingerprint density at radius 1 is 1.00 bits per heavy atom. The van der Waals surface area contributed by atoms with Gasteiger partial charge in [0.25, 0.3) is 0 Å². The second kappa shape index (κ2) is 10.9. The third kappa shape index (κ3) is 5.18. The van der Waals surface area contributed by atoms with Crippen LogP contribution < -0.4 is 14.4 Å². The Balaban J connectivity index is 1.63. The Morgan fingerprint density at radius 2 is 1.59 bits per heavy atom. The van der Waals surface area contributed by atoms with E-state index in [0.29, 0.717) is 0 Å². The molecular weight excluding hydrogens is 448 g/mol. The zero-order chi connectivity index (χ0) is 24.1. The van der Waals surface area contributed by atoms with Crippen LogP contribution in [0.25, 0.3) is 11.3 Å². The van der Waals surface area contributed by atoms with Crippen LogP contribution >= 0.6 is 11.3 Å². The number of carbonyl (C=O) groups excluding carboxylic acids is 1. The van der Waals surface area contributed by atoms with E-state index in [1.165, 1.54) is 11.3 Å². The molecule has 0 bridgehead atoms. The quantitative estimate of drug-likeness (QED) is 0.473. The minimum atomic E-state index is -0.392. The average molecular weight is 481 g/mol. The monoisotopic (exact) mass is 480 g/mol. The predicted molar refractivity (Wildman–Crippen MR) is 137 cm³/mol. The highest BCUT2D eigenvalue weighted by Crippen LogP contribution is 2.35. The Labute approximate surface area is 205 Å². The van der Waals surface area contributed by atoms with Crippen molar-refractivity contribution in [3.8, 4) is 22.8 Å². The molecule has 34 heavy (non-hydrogen) atoms. The number of carbonyl (C=O) groups is 1. The van der Waals surface area contributed by atoms with Crippen LogP contribution in [0, 0.1) is 0 Å². The number of nitrogens with zero attached hydrogens (tertiary/aromatic N) is 4. The molecule has 2 aromatic carbocycles. The summed E-state index contributed by atoms with van der Waals surface area (Å²) in [6, 6.07) is 15.2. The fraction of sp³-hybridized carbons (Fsp3) is 0.385. The van der Waals surface area contributed by atoms with Crippen molar-refractivity contribution >= 4 is 28.1 Å². The van der Waals surface area contributed by atoms with E-state index in [1.807, 2.05) is 70.6 Å². The first-order valence-corrected chi connectivity index (χ1v) is 12.5. The number of rotatable bonds is 8. The van der Waals surface area contributed by atoms with Crippen LogP contribution in [0.3, 0.4) is 0 Å². The number of piperazine rings is 1. The maximum atomic E-state index is 13.6. The molecule has 1 aliphatic rings. The maximum Gasteiger partial charge on any atom is 0.245 e. The van der Waals surface area contributed by atoms with Gasteiger partial charge in [0.15, 0.2) is 5.13 Å². The lowest BCUT2D eigenvalue weighted by Gasteiger charge is -2.37. The number of methoxy groups -OCH3 is 2. The molecule has 1 aromatic heterocycles. The molecule has 1 amide bonds. The Bertz CT molecular complexity index is 1080. The molecule has 180 valence electrons. The number of aromatic nitrogens is 1. The van der Waals surface area contributed by atoms with Crippen molar-refractivity contribution in [1.29, 1.82) is 0 Å². The zero-order valence-electron chi connectivity index (χ0n) is 20.2. The lowest BCUT2D eigenvalue weighted by Crippen LogP contribution is -2.53. The van der Waals surface area contributed by atoms with E-state index < -0.39 is 6.04 Å². The first-order chi connectivity index (χ1) is 16.5. The summed E-state index contributed by atoms with van der Waals surface area (Å²) in [5.41, 5.74) is 2.79. The van der Waals surface area contributed by atoms with E-state index in [9.17, 15) is 4.79 Å². The number of hydrogen-bond acceptors (Lipinski definition) is 7. The molecule has 4 rings (SSSR count). The van der Waals surface area contributed by atoms with Gasteiger partial charge in [-0.15, -0.1) is 11.3 Å². The van der Waals surface area contributed by atoms with Crippen LogP contribution in [-0.4, -0.2) is 73.7 Å². The molecule has 2 heterocycles. The van der Waals surface area contributed by atoms with Gasteiger partial charge in [-0.2, -0.15) is 0 Å². The van der Waals surface area contributed by atoms with Crippen LogP contribution in [-0.2, 0) is 4.79 Å². The second-order valence-corrected chi connectivity index (χ2v) is 9.08. The van der Waals surface area contributed by atoms with Gasteiger partial charge in [0.2, 0.25) is 5.91 Å². The summed E-state index contributed by atoms with van der Waals surface area (Å²) >= 11 is 1.54. The molecule has 8 heteroatoms. The Hall–Kier alpha value is -3.10. The van der Waals surface area contributed by atoms with E-state index in [2.05, 4.69) is 11.8 Å². The van der Waals surface area contributed by atoms with E-state index in [0.717, 1.165) is 66.3 Å². The standard InChI is InChI=1S/C26H32N4O3S/c1-5-28-14-16-29(17-15-28)25(31)19(2)30(21-8-12-23(33-4)13-9-21)26-27-24(18-34-26)20-6-10-22(32-3)11-7-20/h6-13,18-19H,5,14-17H2,1-4H3/t19-/m1/s1. The van der Waals surface area contributed by atoms with Gasteiger partial charge >= 0.3 is 0 Å². The van der Waals surface area contributed by atoms with Gasteiger partial charge in [-0.25, -0.2) is 4.98 Å². The fourth-order valence-corrected chi connectivity index (χ4v) is 5.10. The lowest BCUT2D eigenvalue weighted by atomic mass is 10.1. The average Bonchev–Trinajstić information content (AvgIpc) is 3.38. The number of anilines is 2. The molecule has 0 radical (unpaired) electrons. The first kappa shape index (κ1) is 24.0. The van der Waals surface area contributed by atoms with Crippen LogP contribution in [0.1, 0.15) is 13.8 Å². The Kier molecular flexibility index (Phi) is 7.70. The fourth-order valence-electron chi connectivity index (χ4n) is 4.17. The lowest BCUT2D eigenvalue weighted by molar-refractivity contribution is -0.133. The predicted octanol–water partition coefficient (Wildman–Crippen LogP) is 4.52. The Morgan fingerprint density at radius 3 is 2.15 bits per heavy atom. The zero-order valence-corrected chi connectivity index (χ0v) is 21.0. The summed E-state index contributed by atoms with van der Waals surface area (Å²) in [5, 5.41) is 2.81. The van der Waals surface area contributed by atoms with Gasteiger partial charge in [-0.3, -0.25) is 4.79 Å². The SMILES string of the molecule is CCN1CCN(C(=O)[C@@H](C)N(c2ccc(OC)cc2)c2nc(-c3ccc(OC)cc3)cs2)CC1. The van der Waals surface area contributed by atoms with E-state index in [-0.39, 0.29) is 5.91 Å². The number of amides is 1. The number of benzene rings is 2. The second-order valence-electron chi connectivity index (χ2n) is 8.25. The van der Waals surface area contributed by atoms with Gasteiger partial charge < -0.3 is 24.2 Å². The van der Waals surface area contributed by atoms with Crippen molar-refractivity contribution in [3.63, 3.8) is 0 Å². The van der Waals surface area contributed by atoms with Crippen molar-refractivity contribution in [3.05, 3.63) is 53.9 Å². The highest BCUT2D eigenvalue weighted by molar-refractivity contribution is 7.14. The molecule has 0 N–H and O–H groups in total. The molecule has 1 atom stereocenters. The van der Waals surface area contributed by atoms with Crippen molar-refractivity contribution in [2.45, 2.75) is 19.9 Å². The van der Waals surface area contributed by atoms with Crippen LogP contribution in [0.15, 0.2) is 53.9 Å². The molecule has 7 nitrogen and oxygen atoms in total. The molecule has 3 aromatic rings. The highest BCUT2D eigenvalue weighted by atomic mass is 32.1. The van der Waals surface area contributed by atoms with Gasteiger partial charge in [0.1, 0.15) is 17.5 Å². The topological polar surface area (TPSA) is 58.1 Å². The minimum Gasteiger partial charge on any atom is -0.497 e. The van der Waals surface area contributed by atoms with Crippen LogP contribution in [0.4, 0.5) is 10.8 Å². The van der Waals surface area contributed by atoms with Crippen LogP contribution in [0.5, 0.6) is 11.5 Å². The summed E-state index contributed by atoms with van der Waals surface area (Å²) < 4.78 is 10.6. The molecule has 1 saturated heterocycles. The van der Waals surface area contributed by atoms with Gasteiger partial charge in [0.05, 0.1) is 19.9 Å². The van der Waals surface area contributed by atoms with E-state index in [1.54, 1.807) is 14.2 Å². The number of likely N-dealkylation sites (N-methyl/N-ethyl adjacent to an activating group) is 1. The summed E-state index contributed by atoms with van der Waals surface area (Å²) in [6.07, 6.45) is 0. The van der Waals surface area contributed by atoms with Crippen molar-refractivity contribution in [2.24, 2.45) is 0 Å². The van der Waals surface area contributed by atoms with E-state index in [4.69, 9.17) is 14.5 Å². The molecule has 0 aliphatic carbocycles. The summed E-state index contributed by atoms with van der Waals surface area (Å²) in [5.74, 6) is 1.70. The maximum absolute atomic E-state index is 13.6. The normalized spacial score (nSPS) is 15.1. The van der Waals surface area contributed by atoms with Crippen molar-refractivity contribution in [1.82, 2.24) is 14.8 Å². The number of hydrogen-bond donors (Lipinski definition) is 0. The van der Waals surface area contributed by atoms with Crippen molar-refractivity contribution < 1.29 is 14.3 Å². The molecule has 0 unspecified atom stereocenters. The molecule has 1 fully saturated rings. The van der Waals surface area contributed by atoms with Gasteiger partial charge in [-0.1, -0.05) is 6.92 Å².